The fourth-order valence-electron chi connectivity index (χ4n) is 4.62. The van der Waals surface area contributed by atoms with E-state index in [2.05, 4.69) is 71.0 Å². The van der Waals surface area contributed by atoms with Gasteiger partial charge in [0, 0.05) is 0 Å². The molecule has 0 bridgehead atoms. The third-order valence-corrected chi connectivity index (χ3v) is 9.57. The number of allylic oxidation sites excluding steroid dienone is 1. The summed E-state index contributed by atoms with van der Waals surface area (Å²) >= 11 is 0. The molecule has 0 heterocycles. The highest BCUT2D eigenvalue weighted by Crippen LogP contribution is 2.51. The number of rotatable bonds is 7. The molecule has 1 aliphatic carbocycles. The monoisotopic (exact) mass is 468 g/mol. The molecule has 0 radical (unpaired) electrons. The molecule has 5 heteroatoms. The first-order valence-electron chi connectivity index (χ1n) is 11.8. The van der Waals surface area contributed by atoms with Crippen LogP contribution in [0.4, 0.5) is 0 Å². The van der Waals surface area contributed by atoms with Crippen LogP contribution >= 0.6 is 7.67 Å². The predicted molar refractivity (Wildman–Crippen MR) is 141 cm³/mol. The third kappa shape index (κ3) is 5.52. The van der Waals surface area contributed by atoms with Crippen molar-refractivity contribution in [3.63, 3.8) is 0 Å². The van der Waals surface area contributed by atoms with Gasteiger partial charge >= 0.3 is 7.67 Å². The first kappa shape index (κ1) is 25.9. The molecule has 3 rings (SSSR count). The summed E-state index contributed by atoms with van der Waals surface area (Å²) in [6.07, 6.45) is 4.69. The molecular formula is C28H41N2O2P. The van der Waals surface area contributed by atoms with Crippen LogP contribution in [0.1, 0.15) is 75.3 Å². The maximum atomic E-state index is 13.0. The van der Waals surface area contributed by atoms with Crippen LogP contribution in [0.2, 0.25) is 0 Å². The van der Waals surface area contributed by atoms with Crippen LogP contribution in [0.15, 0.2) is 42.5 Å². The maximum absolute atomic E-state index is 13.0. The van der Waals surface area contributed by atoms with E-state index in [1.807, 2.05) is 12.1 Å². The molecule has 0 N–H and O–H groups in total. The molecular weight excluding hydrogens is 427 g/mol. The molecule has 2 aromatic rings. The summed E-state index contributed by atoms with van der Waals surface area (Å²) in [5.41, 5.74) is 8.12. The molecule has 0 fully saturated rings. The lowest BCUT2D eigenvalue weighted by molar-refractivity contribution is 0.236. The molecule has 180 valence electrons. The van der Waals surface area contributed by atoms with Crippen LogP contribution in [0, 0.1) is 0 Å². The highest BCUT2D eigenvalue weighted by Gasteiger charge is 2.37. The first-order valence-corrected chi connectivity index (χ1v) is 13.3. The topological polar surface area (TPSA) is 32.8 Å². The minimum absolute atomic E-state index is 0.210. The van der Waals surface area contributed by atoms with Crippen LogP contribution in [-0.2, 0) is 26.5 Å². The lowest BCUT2D eigenvalue weighted by Gasteiger charge is -2.42. The minimum Gasteiger partial charge on any atom is -0.301 e. The Morgan fingerprint density at radius 2 is 1.45 bits per heavy atom. The van der Waals surface area contributed by atoms with Crippen molar-refractivity contribution in [3.05, 3.63) is 70.3 Å². The van der Waals surface area contributed by atoms with E-state index in [1.165, 1.54) is 35.1 Å². The molecule has 0 spiro atoms. The average molecular weight is 469 g/mol. The quantitative estimate of drug-likeness (QED) is 0.314. The van der Waals surface area contributed by atoms with Gasteiger partial charge in [-0.2, -0.15) is 0 Å². The minimum atomic E-state index is -2.98. The van der Waals surface area contributed by atoms with E-state index < -0.39 is 7.67 Å². The van der Waals surface area contributed by atoms with E-state index in [1.54, 1.807) is 37.5 Å². The van der Waals surface area contributed by atoms with Gasteiger partial charge in [-0.05, 0) is 92.2 Å². The van der Waals surface area contributed by atoms with Gasteiger partial charge in [0.05, 0.1) is 6.61 Å². The standard InChI is InChI=1S/C28H41N2O2P/c1-21(24-14-15-25-26(19-24)28(4,5)17-16-27(25,2)3)18-22-10-12-23(13-11-22)20-32-33(31,29(6)7)30(8)9/h10-15,18-19H,16-17,20H2,1-9H3/b21-18+. The largest absolute Gasteiger partial charge is 0.345 e. The van der Waals surface area contributed by atoms with Gasteiger partial charge in [0.1, 0.15) is 0 Å². The molecule has 4 nitrogen and oxygen atoms in total. The zero-order valence-electron chi connectivity index (χ0n) is 21.9. The first-order chi connectivity index (χ1) is 15.3. The van der Waals surface area contributed by atoms with E-state index in [0.29, 0.717) is 6.61 Å². The second kappa shape index (κ2) is 9.50. The average Bonchev–Trinajstić information content (AvgIpc) is 2.75. The number of hydrogen-bond donors (Lipinski definition) is 0. The van der Waals surface area contributed by atoms with Gasteiger partial charge in [0.15, 0.2) is 0 Å². The summed E-state index contributed by atoms with van der Waals surface area (Å²) in [6.45, 7) is 12.0. The van der Waals surface area contributed by atoms with Crippen LogP contribution < -0.4 is 0 Å². The van der Waals surface area contributed by atoms with Crippen molar-refractivity contribution >= 4 is 19.3 Å². The van der Waals surface area contributed by atoms with E-state index in [-0.39, 0.29) is 10.8 Å². The summed E-state index contributed by atoms with van der Waals surface area (Å²) in [5.74, 6) is 0. The lowest BCUT2D eigenvalue weighted by atomic mass is 9.63. The van der Waals surface area contributed by atoms with Crippen molar-refractivity contribution in [2.75, 3.05) is 28.2 Å². The Morgan fingerprint density at radius 1 is 0.909 bits per heavy atom. The third-order valence-electron chi connectivity index (χ3n) is 7.08. The molecule has 0 aromatic heterocycles. The van der Waals surface area contributed by atoms with Gasteiger partial charge in [0.2, 0.25) is 0 Å². The highest BCUT2D eigenvalue weighted by atomic mass is 31.2. The lowest BCUT2D eigenvalue weighted by Crippen LogP contribution is -2.33. The van der Waals surface area contributed by atoms with Gasteiger partial charge in [-0.15, -0.1) is 0 Å². The SMILES string of the molecule is C/C(=C\c1ccc(COP(=O)(N(C)C)N(C)C)cc1)c1ccc2c(c1)C(C)(C)CCC2(C)C. The van der Waals surface area contributed by atoms with Crippen LogP contribution in [-0.4, -0.2) is 37.5 Å². The molecule has 2 aromatic carbocycles. The molecule has 0 unspecified atom stereocenters. The summed E-state index contributed by atoms with van der Waals surface area (Å²) < 4.78 is 22.1. The molecule has 0 amide bonds. The number of benzene rings is 2. The fraction of sp³-hybridized carbons (Fsp3) is 0.500. The number of nitrogens with zero attached hydrogens (tertiary/aromatic N) is 2. The fourth-order valence-corrected chi connectivity index (χ4v) is 6.12. The summed E-state index contributed by atoms with van der Waals surface area (Å²) in [7, 11) is 4.13. The Kier molecular flexibility index (Phi) is 7.46. The van der Waals surface area contributed by atoms with Crippen LogP contribution in [0.25, 0.3) is 11.6 Å². The number of hydrogen-bond acceptors (Lipinski definition) is 2. The number of fused-ring (bicyclic) bond motifs is 1. The van der Waals surface area contributed by atoms with Crippen molar-refractivity contribution in [2.24, 2.45) is 0 Å². The molecule has 1 aliphatic rings. The molecule has 0 atom stereocenters. The Labute approximate surface area is 201 Å². The Morgan fingerprint density at radius 3 is 2.00 bits per heavy atom. The van der Waals surface area contributed by atoms with E-state index in [4.69, 9.17) is 4.52 Å². The summed E-state index contributed by atoms with van der Waals surface area (Å²) in [6, 6.07) is 15.3. The summed E-state index contributed by atoms with van der Waals surface area (Å²) in [5, 5.41) is 0. The van der Waals surface area contributed by atoms with E-state index in [9.17, 15) is 4.57 Å². The Bertz CT molecular complexity index is 1050. The van der Waals surface area contributed by atoms with Gasteiger partial charge in [0.25, 0.3) is 0 Å². The zero-order valence-corrected chi connectivity index (χ0v) is 22.8. The maximum Gasteiger partial charge on any atom is 0.345 e. The molecule has 0 saturated heterocycles. The second-order valence-corrected chi connectivity index (χ2v) is 13.9. The Hall–Kier alpha value is -1.71. The van der Waals surface area contributed by atoms with E-state index in [0.717, 1.165) is 11.1 Å². The van der Waals surface area contributed by atoms with Crippen LogP contribution in [0.3, 0.4) is 0 Å². The van der Waals surface area contributed by atoms with E-state index >= 15 is 0 Å². The van der Waals surface area contributed by atoms with Crippen molar-refractivity contribution in [1.82, 2.24) is 9.34 Å². The Balaban J connectivity index is 1.79. The van der Waals surface area contributed by atoms with Crippen LogP contribution in [0.5, 0.6) is 0 Å². The summed E-state index contributed by atoms with van der Waals surface area (Å²) in [4.78, 5) is 0. The van der Waals surface area contributed by atoms with Gasteiger partial charge < -0.3 is 4.52 Å². The van der Waals surface area contributed by atoms with Gasteiger partial charge in [-0.1, -0.05) is 76.2 Å². The van der Waals surface area contributed by atoms with Crippen molar-refractivity contribution in [3.8, 4) is 0 Å². The normalized spacial score (nSPS) is 18.0. The van der Waals surface area contributed by atoms with Gasteiger partial charge in [-0.25, -0.2) is 9.34 Å². The molecule has 0 aliphatic heterocycles. The van der Waals surface area contributed by atoms with Gasteiger partial charge in [-0.3, -0.25) is 4.57 Å². The molecule has 33 heavy (non-hydrogen) atoms. The van der Waals surface area contributed by atoms with Crippen molar-refractivity contribution < 1.29 is 9.09 Å². The second-order valence-electron chi connectivity index (χ2n) is 11.1. The van der Waals surface area contributed by atoms with Crippen molar-refractivity contribution in [2.45, 2.75) is 64.9 Å². The van der Waals surface area contributed by atoms with Crippen molar-refractivity contribution in [1.29, 1.82) is 0 Å². The highest BCUT2D eigenvalue weighted by molar-refractivity contribution is 7.53. The predicted octanol–water partition coefficient (Wildman–Crippen LogP) is 7.34. The smallest absolute Gasteiger partial charge is 0.301 e. The molecule has 0 saturated carbocycles. The zero-order chi connectivity index (χ0) is 24.6.